The van der Waals surface area contributed by atoms with Gasteiger partial charge in [-0.1, -0.05) is 13.8 Å². The lowest BCUT2D eigenvalue weighted by Crippen LogP contribution is -2.30. The lowest BCUT2D eigenvalue weighted by atomic mass is 10.1. The van der Waals surface area contributed by atoms with Crippen LogP contribution in [0.15, 0.2) is 28.9 Å². The topological polar surface area (TPSA) is 54.5 Å². The summed E-state index contributed by atoms with van der Waals surface area (Å²) in [6.07, 6.45) is 5.83. The van der Waals surface area contributed by atoms with Crippen LogP contribution in [0.4, 0.5) is 0 Å². The van der Waals surface area contributed by atoms with Crippen LogP contribution in [-0.4, -0.2) is 45.1 Å². The molecule has 0 bridgehead atoms. The Bertz CT molecular complexity index is 687. The van der Waals surface area contributed by atoms with Crippen molar-refractivity contribution in [3.05, 3.63) is 41.6 Å². The quantitative estimate of drug-likeness (QED) is 0.817. The number of carbonyl (C=O) groups excluding carboxylic acids is 1. The number of hydrogen-bond acceptors (Lipinski definition) is 4. The molecular formula is C18H26N4O2. The summed E-state index contributed by atoms with van der Waals surface area (Å²) in [5.74, 6) is 1.26. The third-order valence-electron chi connectivity index (χ3n) is 4.77. The molecule has 1 atom stereocenters. The van der Waals surface area contributed by atoms with Crippen LogP contribution in [0.25, 0.3) is 0 Å². The van der Waals surface area contributed by atoms with Crippen LogP contribution >= 0.6 is 0 Å². The monoisotopic (exact) mass is 330 g/mol. The normalized spacial score (nSPS) is 17.8. The summed E-state index contributed by atoms with van der Waals surface area (Å²) in [6, 6.07) is 3.82. The summed E-state index contributed by atoms with van der Waals surface area (Å²) < 4.78 is 7.61. The molecule has 1 saturated heterocycles. The van der Waals surface area contributed by atoms with Gasteiger partial charge in [0.1, 0.15) is 5.76 Å². The second kappa shape index (κ2) is 7.21. The summed E-state index contributed by atoms with van der Waals surface area (Å²) in [4.78, 5) is 17.0. The van der Waals surface area contributed by atoms with E-state index in [9.17, 15) is 4.79 Å². The average molecular weight is 330 g/mol. The maximum atomic E-state index is 12.9. The fourth-order valence-corrected chi connectivity index (χ4v) is 3.36. The molecule has 6 nitrogen and oxygen atoms in total. The molecule has 0 aromatic carbocycles. The first-order valence-corrected chi connectivity index (χ1v) is 8.73. The largest absolute Gasteiger partial charge is 0.455 e. The molecule has 0 saturated carbocycles. The first-order valence-electron chi connectivity index (χ1n) is 8.73. The predicted molar refractivity (Wildman–Crippen MR) is 91.6 cm³/mol. The Labute approximate surface area is 143 Å². The zero-order chi connectivity index (χ0) is 17.1. The Morgan fingerprint density at radius 3 is 2.83 bits per heavy atom. The van der Waals surface area contributed by atoms with Crippen LogP contribution in [0.2, 0.25) is 0 Å². The molecule has 3 rings (SSSR count). The van der Waals surface area contributed by atoms with Gasteiger partial charge in [-0.25, -0.2) is 0 Å². The van der Waals surface area contributed by atoms with E-state index >= 15 is 0 Å². The predicted octanol–water partition coefficient (Wildman–Crippen LogP) is 2.83. The van der Waals surface area contributed by atoms with Crippen LogP contribution < -0.4 is 0 Å². The SMILES string of the molecule is CCN(CC)Cc1ccc(C(=O)N2CCC[C@H]2c2cnn(C)c2)o1. The molecule has 1 aliphatic rings. The van der Waals surface area contributed by atoms with Gasteiger partial charge >= 0.3 is 0 Å². The van der Waals surface area contributed by atoms with Crippen LogP contribution in [-0.2, 0) is 13.6 Å². The van der Waals surface area contributed by atoms with Gasteiger partial charge in [-0.05, 0) is 38.1 Å². The van der Waals surface area contributed by atoms with Crippen molar-refractivity contribution in [3.8, 4) is 0 Å². The van der Waals surface area contributed by atoms with Crippen molar-refractivity contribution in [1.82, 2.24) is 19.6 Å². The number of carbonyl (C=O) groups is 1. The van der Waals surface area contributed by atoms with E-state index in [0.29, 0.717) is 5.76 Å². The highest BCUT2D eigenvalue weighted by atomic mass is 16.4. The van der Waals surface area contributed by atoms with E-state index in [-0.39, 0.29) is 11.9 Å². The minimum Gasteiger partial charge on any atom is -0.455 e. The van der Waals surface area contributed by atoms with Crippen LogP contribution in [0, 0.1) is 0 Å². The Hall–Kier alpha value is -2.08. The van der Waals surface area contributed by atoms with Gasteiger partial charge in [0, 0.05) is 25.4 Å². The third kappa shape index (κ3) is 3.38. The van der Waals surface area contributed by atoms with E-state index in [2.05, 4.69) is 23.8 Å². The fraction of sp³-hybridized carbons (Fsp3) is 0.556. The molecule has 0 radical (unpaired) electrons. The van der Waals surface area contributed by atoms with Crippen LogP contribution in [0.5, 0.6) is 0 Å². The number of aryl methyl sites for hydroxylation is 1. The highest BCUT2D eigenvalue weighted by Crippen LogP contribution is 2.33. The maximum Gasteiger partial charge on any atom is 0.290 e. The highest BCUT2D eigenvalue weighted by molar-refractivity contribution is 5.92. The Balaban J connectivity index is 1.72. The maximum absolute atomic E-state index is 12.9. The van der Waals surface area contributed by atoms with Gasteiger partial charge in [0.05, 0.1) is 18.8 Å². The Kier molecular flexibility index (Phi) is 5.04. The molecule has 2 aromatic rings. The van der Waals surface area contributed by atoms with E-state index in [1.165, 1.54) is 0 Å². The molecule has 0 aliphatic carbocycles. The molecule has 1 amide bonds. The average Bonchev–Trinajstić information content (AvgIpc) is 3.31. The molecule has 2 aromatic heterocycles. The molecule has 24 heavy (non-hydrogen) atoms. The fourth-order valence-electron chi connectivity index (χ4n) is 3.36. The highest BCUT2D eigenvalue weighted by Gasteiger charge is 2.32. The van der Waals surface area contributed by atoms with Crippen molar-refractivity contribution in [2.75, 3.05) is 19.6 Å². The minimum atomic E-state index is -0.0212. The smallest absolute Gasteiger partial charge is 0.290 e. The van der Waals surface area contributed by atoms with Gasteiger partial charge in [-0.15, -0.1) is 0 Å². The molecule has 6 heteroatoms. The number of furan rings is 1. The van der Waals surface area contributed by atoms with Crippen molar-refractivity contribution in [2.45, 2.75) is 39.3 Å². The van der Waals surface area contributed by atoms with E-state index in [0.717, 1.165) is 50.3 Å². The summed E-state index contributed by atoms with van der Waals surface area (Å²) in [5.41, 5.74) is 1.10. The number of amides is 1. The number of aromatic nitrogens is 2. The molecule has 130 valence electrons. The van der Waals surface area contributed by atoms with E-state index < -0.39 is 0 Å². The standard InChI is InChI=1S/C18H26N4O2/c1-4-21(5-2)13-15-8-9-17(24-15)18(23)22-10-6-7-16(22)14-11-19-20(3)12-14/h8-9,11-12,16H,4-7,10,13H2,1-3H3/t16-/m0/s1. The van der Waals surface area contributed by atoms with Gasteiger partial charge in [0.25, 0.3) is 5.91 Å². The van der Waals surface area contributed by atoms with Gasteiger partial charge < -0.3 is 9.32 Å². The van der Waals surface area contributed by atoms with Gasteiger partial charge in [-0.3, -0.25) is 14.4 Å². The summed E-state index contributed by atoms with van der Waals surface area (Å²) in [5, 5.41) is 4.23. The van der Waals surface area contributed by atoms with Crippen molar-refractivity contribution in [1.29, 1.82) is 0 Å². The number of hydrogen-bond donors (Lipinski definition) is 0. The summed E-state index contributed by atoms with van der Waals surface area (Å²) >= 11 is 0. The number of rotatable bonds is 6. The second-order valence-corrected chi connectivity index (χ2v) is 6.33. The van der Waals surface area contributed by atoms with Crippen molar-refractivity contribution >= 4 is 5.91 Å². The summed E-state index contributed by atoms with van der Waals surface area (Å²) in [7, 11) is 1.90. The van der Waals surface area contributed by atoms with E-state index in [1.54, 1.807) is 10.7 Å². The molecule has 0 spiro atoms. The number of likely N-dealkylation sites (tertiary alicyclic amines) is 1. The van der Waals surface area contributed by atoms with Crippen LogP contribution in [0.3, 0.4) is 0 Å². The van der Waals surface area contributed by atoms with E-state index in [1.807, 2.05) is 30.4 Å². The van der Waals surface area contributed by atoms with Crippen molar-refractivity contribution < 1.29 is 9.21 Å². The Morgan fingerprint density at radius 1 is 1.38 bits per heavy atom. The second-order valence-electron chi connectivity index (χ2n) is 6.33. The molecule has 0 N–H and O–H groups in total. The lowest BCUT2D eigenvalue weighted by molar-refractivity contribution is 0.0699. The Morgan fingerprint density at radius 2 is 2.17 bits per heavy atom. The van der Waals surface area contributed by atoms with Gasteiger partial charge in [-0.2, -0.15) is 5.10 Å². The van der Waals surface area contributed by atoms with Crippen molar-refractivity contribution in [3.63, 3.8) is 0 Å². The van der Waals surface area contributed by atoms with Crippen LogP contribution in [0.1, 0.15) is 54.6 Å². The first kappa shape index (κ1) is 16.8. The lowest BCUT2D eigenvalue weighted by Gasteiger charge is -2.22. The summed E-state index contributed by atoms with van der Waals surface area (Å²) in [6.45, 7) is 7.70. The zero-order valence-electron chi connectivity index (χ0n) is 14.7. The molecule has 1 fully saturated rings. The first-order chi connectivity index (χ1) is 11.6. The molecule has 3 heterocycles. The zero-order valence-corrected chi connectivity index (χ0v) is 14.7. The van der Waals surface area contributed by atoms with Gasteiger partial charge in [0.15, 0.2) is 5.76 Å². The molecule has 1 aliphatic heterocycles. The minimum absolute atomic E-state index is 0.0212. The molecule has 0 unspecified atom stereocenters. The molecular weight excluding hydrogens is 304 g/mol. The number of nitrogens with zero attached hydrogens (tertiary/aromatic N) is 4. The van der Waals surface area contributed by atoms with E-state index in [4.69, 9.17) is 4.42 Å². The van der Waals surface area contributed by atoms with Crippen molar-refractivity contribution in [2.24, 2.45) is 7.05 Å². The van der Waals surface area contributed by atoms with Gasteiger partial charge in [0.2, 0.25) is 0 Å². The third-order valence-corrected chi connectivity index (χ3v) is 4.77.